The average molecular weight is 311 g/mol. The van der Waals surface area contributed by atoms with Gasteiger partial charge >= 0.3 is 5.97 Å². The summed E-state index contributed by atoms with van der Waals surface area (Å²) in [6.07, 6.45) is 0.399. The molecule has 0 aliphatic carbocycles. The maximum Gasteiger partial charge on any atom is 0.358 e. The first-order valence-electron chi connectivity index (χ1n) is 6.02. The van der Waals surface area contributed by atoms with E-state index in [1.54, 1.807) is 6.92 Å². The summed E-state index contributed by atoms with van der Waals surface area (Å²) in [4.78, 5) is 21.5. The number of nitro groups is 1. The molecule has 0 unspecified atom stereocenters. The van der Waals surface area contributed by atoms with Crippen LogP contribution < -0.4 is 0 Å². The number of hydrogen-bond donors (Lipinski definition) is 1. The lowest BCUT2D eigenvalue weighted by Gasteiger charge is -2.06. The van der Waals surface area contributed by atoms with Crippen LogP contribution in [-0.2, 0) is 13.0 Å². The van der Waals surface area contributed by atoms with Crippen molar-refractivity contribution in [2.75, 3.05) is 0 Å². The highest BCUT2D eigenvalue weighted by atomic mass is 35.5. The number of aromatic carboxylic acids is 1. The minimum atomic E-state index is -1.18. The second-order valence-corrected chi connectivity index (χ2v) is 4.67. The monoisotopic (exact) mass is 310 g/mol. The van der Waals surface area contributed by atoms with Gasteiger partial charge in [-0.15, -0.1) is 5.10 Å². The van der Waals surface area contributed by atoms with E-state index in [1.807, 2.05) is 0 Å². The number of carboxylic acids is 1. The van der Waals surface area contributed by atoms with Crippen molar-refractivity contribution in [1.29, 1.82) is 0 Å². The molecule has 21 heavy (non-hydrogen) atoms. The lowest BCUT2D eigenvalue weighted by atomic mass is 10.1. The van der Waals surface area contributed by atoms with Gasteiger partial charge in [-0.2, -0.15) is 0 Å². The third-order valence-electron chi connectivity index (χ3n) is 2.94. The maximum absolute atomic E-state index is 11.0. The first-order chi connectivity index (χ1) is 9.93. The van der Waals surface area contributed by atoms with Gasteiger partial charge in [-0.05, 0) is 18.6 Å². The fourth-order valence-electron chi connectivity index (χ4n) is 1.98. The summed E-state index contributed by atoms with van der Waals surface area (Å²) in [6.45, 7) is 1.81. The Balaban J connectivity index is 2.43. The second-order valence-electron chi connectivity index (χ2n) is 4.23. The summed E-state index contributed by atoms with van der Waals surface area (Å²) in [5.74, 6) is -1.18. The number of nitrogens with zero attached hydrogens (tertiary/aromatic N) is 4. The molecule has 9 heteroatoms. The molecule has 0 aliphatic rings. The van der Waals surface area contributed by atoms with E-state index in [-0.39, 0.29) is 22.9 Å². The van der Waals surface area contributed by atoms with Gasteiger partial charge in [-0.3, -0.25) is 10.1 Å². The van der Waals surface area contributed by atoms with Crippen molar-refractivity contribution in [3.8, 4) is 0 Å². The number of hydrogen-bond acceptors (Lipinski definition) is 5. The molecular formula is C12H11ClN4O4. The van der Waals surface area contributed by atoms with Gasteiger partial charge in [0.25, 0.3) is 5.69 Å². The number of rotatable bonds is 5. The fourth-order valence-corrected chi connectivity index (χ4v) is 2.14. The van der Waals surface area contributed by atoms with Crippen molar-refractivity contribution in [3.05, 3.63) is 50.3 Å². The molecule has 0 aliphatic heterocycles. The topological polar surface area (TPSA) is 111 Å². The molecule has 1 heterocycles. The summed E-state index contributed by atoms with van der Waals surface area (Å²) in [6, 6.07) is 4.30. The van der Waals surface area contributed by atoms with E-state index in [1.165, 1.54) is 22.9 Å². The number of halogens is 1. The van der Waals surface area contributed by atoms with Crippen molar-refractivity contribution < 1.29 is 14.8 Å². The Morgan fingerprint density at radius 2 is 2.24 bits per heavy atom. The van der Waals surface area contributed by atoms with Crippen LogP contribution >= 0.6 is 11.6 Å². The molecule has 0 spiro atoms. The zero-order valence-corrected chi connectivity index (χ0v) is 11.7. The first-order valence-corrected chi connectivity index (χ1v) is 6.40. The van der Waals surface area contributed by atoms with Gasteiger partial charge in [0.05, 0.1) is 22.7 Å². The highest BCUT2D eigenvalue weighted by Crippen LogP contribution is 2.24. The Hall–Kier alpha value is -2.48. The molecule has 1 aromatic carbocycles. The van der Waals surface area contributed by atoms with E-state index in [0.717, 1.165) is 0 Å². The second kappa shape index (κ2) is 5.88. The van der Waals surface area contributed by atoms with E-state index in [2.05, 4.69) is 10.3 Å². The van der Waals surface area contributed by atoms with Gasteiger partial charge in [0.2, 0.25) is 0 Å². The van der Waals surface area contributed by atoms with Gasteiger partial charge in [0, 0.05) is 11.1 Å². The van der Waals surface area contributed by atoms with Gasteiger partial charge < -0.3 is 5.11 Å². The third-order valence-corrected chi connectivity index (χ3v) is 3.17. The summed E-state index contributed by atoms with van der Waals surface area (Å²) >= 11 is 5.75. The fraction of sp³-hybridized carbons (Fsp3) is 0.250. The molecule has 2 aromatic rings. The van der Waals surface area contributed by atoms with Gasteiger partial charge in [-0.25, -0.2) is 9.48 Å². The standard InChI is InChI=1S/C12H11ClN4O4/c1-2-9-11(12(18)19)14-15-16(9)6-7-3-4-8(13)5-10(7)17(20)21/h3-5H,2,6H2,1H3,(H,18,19). The molecule has 110 valence electrons. The van der Waals surface area contributed by atoms with Crippen LogP contribution in [0.1, 0.15) is 28.7 Å². The summed E-state index contributed by atoms with van der Waals surface area (Å²) in [7, 11) is 0. The zero-order chi connectivity index (χ0) is 15.6. The molecule has 0 saturated carbocycles. The van der Waals surface area contributed by atoms with Gasteiger partial charge in [0.1, 0.15) is 0 Å². The zero-order valence-electron chi connectivity index (χ0n) is 11.0. The van der Waals surface area contributed by atoms with Gasteiger partial charge in [-0.1, -0.05) is 23.7 Å². The largest absolute Gasteiger partial charge is 0.476 e. The molecule has 0 amide bonds. The Bertz CT molecular complexity index is 713. The third kappa shape index (κ3) is 3.00. The van der Waals surface area contributed by atoms with E-state index in [4.69, 9.17) is 16.7 Å². The van der Waals surface area contributed by atoms with Crippen molar-refractivity contribution >= 4 is 23.3 Å². The first kappa shape index (κ1) is 14.9. The molecule has 1 N–H and O–H groups in total. The van der Waals surface area contributed by atoms with Crippen molar-refractivity contribution in [1.82, 2.24) is 15.0 Å². The quantitative estimate of drug-likeness (QED) is 0.669. The number of carboxylic acid groups (broad SMARTS) is 1. The molecule has 1 aromatic heterocycles. The van der Waals surface area contributed by atoms with Crippen LogP contribution in [0.5, 0.6) is 0 Å². The predicted octanol–water partition coefficient (Wildman–Crippen LogP) is 2.15. The summed E-state index contributed by atoms with van der Waals surface area (Å²) in [5.41, 5.74) is 0.499. The Labute approximate surface area is 124 Å². The molecule has 0 bridgehead atoms. The van der Waals surface area contributed by atoms with Crippen LogP contribution in [0.2, 0.25) is 5.02 Å². The molecule has 2 rings (SSSR count). The smallest absolute Gasteiger partial charge is 0.358 e. The van der Waals surface area contributed by atoms with E-state index >= 15 is 0 Å². The molecule has 0 atom stereocenters. The normalized spacial score (nSPS) is 10.6. The average Bonchev–Trinajstić information content (AvgIpc) is 2.83. The molecule has 0 radical (unpaired) electrons. The number of nitro benzene ring substituents is 1. The minimum absolute atomic E-state index is 0.0525. The molecule has 0 saturated heterocycles. The molecule has 0 fully saturated rings. The Morgan fingerprint density at radius 1 is 1.52 bits per heavy atom. The van der Waals surface area contributed by atoms with Crippen molar-refractivity contribution in [2.45, 2.75) is 19.9 Å². The van der Waals surface area contributed by atoms with Crippen LogP contribution in [-0.4, -0.2) is 31.0 Å². The van der Waals surface area contributed by atoms with E-state index in [9.17, 15) is 14.9 Å². The predicted molar refractivity (Wildman–Crippen MR) is 73.6 cm³/mol. The summed E-state index contributed by atoms with van der Waals surface area (Å²) in [5, 5.41) is 27.7. The van der Waals surface area contributed by atoms with E-state index in [0.29, 0.717) is 17.7 Å². The van der Waals surface area contributed by atoms with Crippen molar-refractivity contribution in [3.63, 3.8) is 0 Å². The van der Waals surface area contributed by atoms with Crippen LogP contribution in [0.15, 0.2) is 18.2 Å². The molecular weight excluding hydrogens is 300 g/mol. The Kier molecular flexibility index (Phi) is 4.18. The number of carbonyl (C=O) groups is 1. The SMILES string of the molecule is CCc1c(C(=O)O)nnn1Cc1ccc(Cl)cc1[N+](=O)[O-]. The highest BCUT2D eigenvalue weighted by Gasteiger charge is 2.20. The maximum atomic E-state index is 11.0. The number of benzene rings is 1. The van der Waals surface area contributed by atoms with Crippen LogP contribution in [0.3, 0.4) is 0 Å². The van der Waals surface area contributed by atoms with E-state index < -0.39 is 10.9 Å². The lowest BCUT2D eigenvalue weighted by molar-refractivity contribution is -0.385. The molecule has 8 nitrogen and oxygen atoms in total. The highest BCUT2D eigenvalue weighted by molar-refractivity contribution is 6.30. The minimum Gasteiger partial charge on any atom is -0.476 e. The van der Waals surface area contributed by atoms with Crippen LogP contribution in [0.25, 0.3) is 0 Å². The van der Waals surface area contributed by atoms with Crippen molar-refractivity contribution in [2.24, 2.45) is 0 Å². The van der Waals surface area contributed by atoms with Gasteiger partial charge in [0.15, 0.2) is 5.69 Å². The van der Waals surface area contributed by atoms with Crippen LogP contribution in [0, 0.1) is 10.1 Å². The lowest BCUT2D eigenvalue weighted by Crippen LogP contribution is -2.10. The summed E-state index contributed by atoms with van der Waals surface area (Å²) < 4.78 is 1.35. The van der Waals surface area contributed by atoms with Crippen LogP contribution in [0.4, 0.5) is 5.69 Å². The number of aromatic nitrogens is 3. The Morgan fingerprint density at radius 3 is 2.81 bits per heavy atom.